The summed E-state index contributed by atoms with van der Waals surface area (Å²) in [6.07, 6.45) is 2.86. The van der Waals surface area contributed by atoms with Gasteiger partial charge >= 0.3 is 5.97 Å². The summed E-state index contributed by atoms with van der Waals surface area (Å²) in [6.45, 7) is 2.90. The highest BCUT2D eigenvalue weighted by atomic mass is 16.5. The van der Waals surface area contributed by atoms with Gasteiger partial charge in [-0.05, 0) is 26.0 Å². The first-order valence-electron chi connectivity index (χ1n) is 6.66. The molecule has 0 atom stereocenters. The van der Waals surface area contributed by atoms with Gasteiger partial charge in [-0.3, -0.25) is 9.48 Å². The Balaban J connectivity index is 1.93. The second-order valence-corrected chi connectivity index (χ2v) is 5.19. The van der Waals surface area contributed by atoms with Crippen LogP contribution in [0, 0.1) is 0 Å². The fraction of sp³-hybridized carbons (Fsp3) is 0.267. The van der Waals surface area contributed by atoms with Gasteiger partial charge in [0, 0.05) is 6.20 Å². The third-order valence-corrected chi connectivity index (χ3v) is 3.08. The second-order valence-electron chi connectivity index (χ2n) is 5.19. The molecule has 0 unspecified atom stereocenters. The lowest BCUT2D eigenvalue weighted by atomic mass is 10.1. The molecule has 22 heavy (non-hydrogen) atoms. The Hall–Kier alpha value is -2.83. The minimum absolute atomic E-state index is 0.141. The van der Waals surface area contributed by atoms with Gasteiger partial charge in [0.15, 0.2) is 12.1 Å². The van der Waals surface area contributed by atoms with E-state index in [1.807, 2.05) is 18.2 Å². The number of aromatic nitrogens is 2. The van der Waals surface area contributed by atoms with E-state index in [-0.39, 0.29) is 12.5 Å². The van der Waals surface area contributed by atoms with E-state index in [1.165, 1.54) is 30.9 Å². The highest BCUT2D eigenvalue weighted by Crippen LogP contribution is 2.17. The van der Waals surface area contributed by atoms with E-state index in [4.69, 9.17) is 9.84 Å². The maximum absolute atomic E-state index is 11.8. The molecule has 1 aromatic carbocycles. The molecule has 0 radical (unpaired) electrons. The number of rotatable bonds is 6. The number of aliphatic carboxylic acids is 1. The molecule has 0 aliphatic carbocycles. The van der Waals surface area contributed by atoms with Crippen molar-refractivity contribution in [1.82, 2.24) is 9.78 Å². The van der Waals surface area contributed by atoms with Gasteiger partial charge < -0.3 is 15.2 Å². The van der Waals surface area contributed by atoms with Crippen molar-refractivity contribution in [2.45, 2.75) is 19.4 Å². The maximum Gasteiger partial charge on any atom is 0.331 e. The molecule has 2 aromatic rings. The van der Waals surface area contributed by atoms with Crippen molar-refractivity contribution in [3.63, 3.8) is 0 Å². The molecule has 2 N–H and O–H groups in total. The van der Waals surface area contributed by atoms with E-state index in [2.05, 4.69) is 10.4 Å². The summed E-state index contributed by atoms with van der Waals surface area (Å²) >= 11 is 0. The van der Waals surface area contributed by atoms with Crippen LogP contribution in [0.5, 0.6) is 5.75 Å². The summed E-state index contributed by atoms with van der Waals surface area (Å²) in [5, 5.41) is 15.7. The van der Waals surface area contributed by atoms with Crippen LogP contribution >= 0.6 is 0 Å². The third-order valence-electron chi connectivity index (χ3n) is 3.08. The first kappa shape index (κ1) is 15.6. The van der Waals surface area contributed by atoms with Crippen molar-refractivity contribution in [2.24, 2.45) is 0 Å². The van der Waals surface area contributed by atoms with Gasteiger partial charge in [-0.15, -0.1) is 0 Å². The summed E-state index contributed by atoms with van der Waals surface area (Å²) < 4.78 is 6.60. The number of nitrogens with one attached hydrogen (secondary N) is 1. The van der Waals surface area contributed by atoms with E-state index in [0.29, 0.717) is 11.4 Å². The zero-order chi connectivity index (χ0) is 16.2. The zero-order valence-corrected chi connectivity index (χ0v) is 12.3. The van der Waals surface area contributed by atoms with Crippen LogP contribution in [0.3, 0.4) is 0 Å². The maximum atomic E-state index is 11.8. The molecule has 116 valence electrons. The molecule has 0 aliphatic heterocycles. The van der Waals surface area contributed by atoms with Crippen LogP contribution in [0.2, 0.25) is 0 Å². The zero-order valence-electron chi connectivity index (χ0n) is 12.3. The summed E-state index contributed by atoms with van der Waals surface area (Å²) in [4.78, 5) is 22.9. The standard InChI is InChI=1S/C15H17N3O4/c1-15(2,14(20)21)18-9-11(8-16-18)17-13(19)10-22-12-6-4-3-5-7-12/h3-9H,10H2,1-2H3,(H,17,19)(H,20,21). The highest BCUT2D eigenvalue weighted by Gasteiger charge is 2.30. The Labute approximate surface area is 127 Å². The van der Waals surface area contributed by atoms with Gasteiger partial charge in [-0.25, -0.2) is 4.79 Å². The molecule has 1 heterocycles. The Morgan fingerprint density at radius 3 is 2.64 bits per heavy atom. The largest absolute Gasteiger partial charge is 0.484 e. The Kier molecular flexibility index (Phi) is 4.45. The first-order valence-corrected chi connectivity index (χ1v) is 6.66. The van der Waals surface area contributed by atoms with E-state index < -0.39 is 11.5 Å². The van der Waals surface area contributed by atoms with Crippen molar-refractivity contribution in [2.75, 3.05) is 11.9 Å². The first-order chi connectivity index (χ1) is 10.4. The fourth-order valence-electron chi connectivity index (χ4n) is 1.65. The Morgan fingerprint density at radius 2 is 2.00 bits per heavy atom. The number of carboxylic acids is 1. The van der Waals surface area contributed by atoms with Crippen LogP contribution in [-0.2, 0) is 15.1 Å². The van der Waals surface area contributed by atoms with Gasteiger partial charge in [0.05, 0.1) is 11.9 Å². The smallest absolute Gasteiger partial charge is 0.331 e. The number of benzene rings is 1. The lowest BCUT2D eigenvalue weighted by Crippen LogP contribution is -2.35. The predicted octanol–water partition coefficient (Wildman–Crippen LogP) is 1.72. The Bertz CT molecular complexity index is 664. The summed E-state index contributed by atoms with van der Waals surface area (Å²) in [5.74, 6) is -0.766. The molecule has 2 rings (SSSR count). The minimum atomic E-state index is -1.19. The molecular formula is C15H17N3O4. The number of carbonyl (C=O) groups excluding carboxylic acids is 1. The van der Waals surface area contributed by atoms with E-state index in [1.54, 1.807) is 12.1 Å². The van der Waals surface area contributed by atoms with Crippen LogP contribution in [0.1, 0.15) is 13.8 Å². The molecule has 7 nitrogen and oxygen atoms in total. The van der Waals surface area contributed by atoms with Gasteiger partial charge in [0.1, 0.15) is 5.75 Å². The number of amides is 1. The van der Waals surface area contributed by atoms with Gasteiger partial charge in [-0.1, -0.05) is 18.2 Å². The highest BCUT2D eigenvalue weighted by molar-refractivity contribution is 5.91. The summed E-state index contributed by atoms with van der Waals surface area (Å²) in [7, 11) is 0. The van der Waals surface area contributed by atoms with E-state index >= 15 is 0 Å². The van der Waals surface area contributed by atoms with Crippen LogP contribution in [0.25, 0.3) is 0 Å². The van der Waals surface area contributed by atoms with E-state index in [9.17, 15) is 9.59 Å². The number of carboxylic acid groups (broad SMARTS) is 1. The average molecular weight is 303 g/mol. The molecule has 1 amide bonds. The second kappa shape index (κ2) is 6.30. The molecule has 0 saturated heterocycles. The van der Waals surface area contributed by atoms with Crippen molar-refractivity contribution in [3.05, 3.63) is 42.7 Å². The topological polar surface area (TPSA) is 93.5 Å². The SMILES string of the molecule is CC(C)(C(=O)O)n1cc(NC(=O)COc2ccccc2)cn1. The predicted molar refractivity (Wildman–Crippen MR) is 79.8 cm³/mol. The van der Waals surface area contributed by atoms with Gasteiger partial charge in [0.25, 0.3) is 5.91 Å². The van der Waals surface area contributed by atoms with E-state index in [0.717, 1.165) is 0 Å². The number of ether oxygens (including phenoxy) is 1. The van der Waals surface area contributed by atoms with Crippen molar-refractivity contribution < 1.29 is 19.4 Å². The van der Waals surface area contributed by atoms with Gasteiger partial charge in [0.2, 0.25) is 0 Å². The number of carbonyl (C=O) groups is 2. The third kappa shape index (κ3) is 3.63. The number of hydrogen-bond donors (Lipinski definition) is 2. The molecular weight excluding hydrogens is 286 g/mol. The molecule has 0 saturated carbocycles. The quantitative estimate of drug-likeness (QED) is 0.847. The van der Waals surface area contributed by atoms with Gasteiger partial charge in [-0.2, -0.15) is 5.10 Å². The number of para-hydroxylation sites is 1. The monoisotopic (exact) mass is 303 g/mol. The van der Waals surface area contributed by atoms with Crippen LogP contribution in [0.15, 0.2) is 42.7 Å². The van der Waals surface area contributed by atoms with Crippen LogP contribution < -0.4 is 10.1 Å². The normalized spacial score (nSPS) is 11.0. The van der Waals surface area contributed by atoms with Crippen molar-refractivity contribution in [3.8, 4) is 5.75 Å². The van der Waals surface area contributed by atoms with Crippen molar-refractivity contribution >= 4 is 17.6 Å². The van der Waals surface area contributed by atoms with Crippen molar-refractivity contribution in [1.29, 1.82) is 0 Å². The molecule has 0 fully saturated rings. The summed E-state index contributed by atoms with van der Waals surface area (Å²) in [5.41, 5.74) is -0.778. The fourth-order valence-corrected chi connectivity index (χ4v) is 1.65. The molecule has 1 aromatic heterocycles. The number of hydrogen-bond acceptors (Lipinski definition) is 4. The number of anilines is 1. The number of nitrogens with zero attached hydrogens (tertiary/aromatic N) is 2. The average Bonchev–Trinajstić information content (AvgIpc) is 2.95. The molecule has 7 heteroatoms. The molecule has 0 aliphatic rings. The van der Waals surface area contributed by atoms with Crippen LogP contribution in [-0.4, -0.2) is 33.4 Å². The molecule has 0 spiro atoms. The summed E-state index contributed by atoms with van der Waals surface area (Å²) in [6, 6.07) is 8.98. The molecule has 0 bridgehead atoms. The Morgan fingerprint density at radius 1 is 1.32 bits per heavy atom. The minimum Gasteiger partial charge on any atom is -0.484 e. The lowest BCUT2D eigenvalue weighted by Gasteiger charge is -2.19. The lowest BCUT2D eigenvalue weighted by molar-refractivity contribution is -0.146. The van der Waals surface area contributed by atoms with Crippen LogP contribution in [0.4, 0.5) is 5.69 Å².